The molecular formula is C14H18O2. The monoisotopic (exact) mass is 218 g/mol. The first-order valence-corrected chi connectivity index (χ1v) is 5.90. The van der Waals surface area contributed by atoms with Gasteiger partial charge in [0.1, 0.15) is 5.75 Å². The number of carbonyl (C=O) groups excluding carboxylic acids is 1. The van der Waals surface area contributed by atoms with E-state index in [-0.39, 0.29) is 11.9 Å². The minimum Gasteiger partial charge on any atom is -0.426 e. The molecule has 1 aliphatic rings. The van der Waals surface area contributed by atoms with Gasteiger partial charge in [-0.15, -0.1) is 0 Å². The van der Waals surface area contributed by atoms with Crippen LogP contribution in [0.4, 0.5) is 0 Å². The Morgan fingerprint density at radius 2 is 2.06 bits per heavy atom. The number of rotatable bonds is 3. The van der Waals surface area contributed by atoms with Gasteiger partial charge in [0.15, 0.2) is 0 Å². The van der Waals surface area contributed by atoms with Gasteiger partial charge < -0.3 is 4.74 Å². The van der Waals surface area contributed by atoms with Crippen LogP contribution in [0.15, 0.2) is 18.2 Å². The molecule has 2 rings (SSSR count). The third-order valence-electron chi connectivity index (χ3n) is 3.00. The molecule has 0 saturated heterocycles. The predicted octanol–water partition coefficient (Wildman–Crippen LogP) is 3.43. The molecule has 0 unspecified atom stereocenters. The second-order valence-corrected chi connectivity index (χ2v) is 4.88. The van der Waals surface area contributed by atoms with Crippen LogP contribution < -0.4 is 4.74 Å². The highest BCUT2D eigenvalue weighted by molar-refractivity contribution is 5.77. The van der Waals surface area contributed by atoms with Gasteiger partial charge in [-0.25, -0.2) is 0 Å². The molecule has 86 valence electrons. The van der Waals surface area contributed by atoms with E-state index in [9.17, 15) is 4.79 Å². The van der Waals surface area contributed by atoms with Crippen molar-refractivity contribution >= 4 is 5.97 Å². The van der Waals surface area contributed by atoms with E-state index in [1.54, 1.807) is 0 Å². The van der Waals surface area contributed by atoms with E-state index in [1.165, 1.54) is 5.56 Å². The highest BCUT2D eigenvalue weighted by Crippen LogP contribution is 2.32. The third kappa shape index (κ3) is 2.43. The molecule has 0 amide bonds. The van der Waals surface area contributed by atoms with E-state index in [0.717, 1.165) is 24.2 Å². The molecule has 2 heteroatoms. The number of benzene rings is 1. The van der Waals surface area contributed by atoms with Gasteiger partial charge in [-0.3, -0.25) is 4.79 Å². The maximum absolute atomic E-state index is 11.6. The Balaban J connectivity index is 2.17. The minimum absolute atomic E-state index is 0.0657. The molecule has 0 N–H and O–H groups in total. The van der Waals surface area contributed by atoms with E-state index in [0.29, 0.717) is 5.92 Å². The molecule has 0 aliphatic heterocycles. The number of ether oxygens (including phenoxy) is 1. The molecule has 0 spiro atoms. The molecule has 0 radical (unpaired) electrons. The Hall–Kier alpha value is -1.31. The second-order valence-electron chi connectivity index (χ2n) is 4.88. The van der Waals surface area contributed by atoms with E-state index >= 15 is 0 Å². The highest BCUT2D eigenvalue weighted by Gasteiger charge is 2.31. The normalized spacial score (nSPS) is 15.2. The summed E-state index contributed by atoms with van der Waals surface area (Å²) in [6, 6.07) is 6.10. The van der Waals surface area contributed by atoms with E-state index in [4.69, 9.17) is 4.74 Å². The third-order valence-corrected chi connectivity index (χ3v) is 3.00. The summed E-state index contributed by atoms with van der Waals surface area (Å²) >= 11 is 0. The summed E-state index contributed by atoms with van der Waals surface area (Å²) in [5.74, 6) is 1.27. The second kappa shape index (κ2) is 4.28. The molecular weight excluding hydrogens is 200 g/mol. The van der Waals surface area contributed by atoms with Gasteiger partial charge in [0.25, 0.3) is 0 Å². The molecule has 1 saturated carbocycles. The van der Waals surface area contributed by atoms with Gasteiger partial charge in [-0.2, -0.15) is 0 Å². The number of esters is 1. The number of carbonyl (C=O) groups is 1. The fraction of sp³-hybridized carbons (Fsp3) is 0.500. The summed E-state index contributed by atoms with van der Waals surface area (Å²) in [6.45, 7) is 6.24. The predicted molar refractivity (Wildman–Crippen MR) is 63.6 cm³/mol. The fourth-order valence-corrected chi connectivity index (χ4v) is 1.60. The molecule has 16 heavy (non-hydrogen) atoms. The maximum atomic E-state index is 11.6. The van der Waals surface area contributed by atoms with Crippen molar-refractivity contribution in [3.05, 3.63) is 29.3 Å². The zero-order chi connectivity index (χ0) is 11.7. The van der Waals surface area contributed by atoms with Crippen LogP contribution >= 0.6 is 0 Å². The van der Waals surface area contributed by atoms with Gasteiger partial charge in [0, 0.05) is 0 Å². The molecule has 0 aromatic heterocycles. The van der Waals surface area contributed by atoms with E-state index < -0.39 is 0 Å². The fourth-order valence-electron chi connectivity index (χ4n) is 1.60. The lowest BCUT2D eigenvalue weighted by molar-refractivity contribution is -0.135. The van der Waals surface area contributed by atoms with Crippen molar-refractivity contribution in [2.24, 2.45) is 5.92 Å². The number of hydrogen-bond acceptors (Lipinski definition) is 2. The van der Waals surface area contributed by atoms with E-state index in [1.807, 2.05) is 19.1 Å². The van der Waals surface area contributed by atoms with Crippen LogP contribution in [0.3, 0.4) is 0 Å². The van der Waals surface area contributed by atoms with Gasteiger partial charge in [-0.1, -0.05) is 26.0 Å². The van der Waals surface area contributed by atoms with Crippen molar-refractivity contribution in [2.45, 2.75) is 39.5 Å². The summed E-state index contributed by atoms with van der Waals surface area (Å²) in [6.07, 6.45) is 1.98. The number of aryl methyl sites for hydroxylation is 1. The summed E-state index contributed by atoms with van der Waals surface area (Å²) in [7, 11) is 0. The SMILES string of the molecule is Cc1ccc(C(C)C)cc1OC(=O)C1CC1. The first-order valence-electron chi connectivity index (χ1n) is 5.90. The molecule has 0 heterocycles. The van der Waals surface area contributed by atoms with Crippen molar-refractivity contribution in [1.29, 1.82) is 0 Å². The van der Waals surface area contributed by atoms with Gasteiger partial charge in [0.2, 0.25) is 0 Å². The van der Waals surface area contributed by atoms with Crippen LogP contribution in [0.5, 0.6) is 5.75 Å². The van der Waals surface area contributed by atoms with Crippen molar-refractivity contribution in [2.75, 3.05) is 0 Å². The first kappa shape index (κ1) is 11.2. The van der Waals surface area contributed by atoms with Gasteiger partial charge >= 0.3 is 5.97 Å². The van der Waals surface area contributed by atoms with Crippen molar-refractivity contribution in [1.82, 2.24) is 0 Å². The summed E-state index contributed by atoms with van der Waals surface area (Å²) in [4.78, 5) is 11.6. The van der Waals surface area contributed by atoms with Crippen LogP contribution in [0, 0.1) is 12.8 Å². The Morgan fingerprint density at radius 3 is 2.62 bits per heavy atom. The summed E-state index contributed by atoms with van der Waals surface area (Å²) in [5.41, 5.74) is 2.24. The lowest BCUT2D eigenvalue weighted by Gasteiger charge is -2.11. The minimum atomic E-state index is -0.0657. The van der Waals surface area contributed by atoms with Crippen LogP contribution in [0.1, 0.15) is 43.7 Å². The zero-order valence-corrected chi connectivity index (χ0v) is 10.1. The van der Waals surface area contributed by atoms with Crippen LogP contribution in [0.2, 0.25) is 0 Å². The number of hydrogen-bond donors (Lipinski definition) is 0. The largest absolute Gasteiger partial charge is 0.426 e. The van der Waals surface area contributed by atoms with E-state index in [2.05, 4.69) is 19.9 Å². The van der Waals surface area contributed by atoms with Crippen molar-refractivity contribution < 1.29 is 9.53 Å². The topological polar surface area (TPSA) is 26.3 Å². The zero-order valence-electron chi connectivity index (χ0n) is 10.1. The Morgan fingerprint density at radius 1 is 1.38 bits per heavy atom. The summed E-state index contributed by atoms with van der Waals surface area (Å²) < 4.78 is 5.42. The van der Waals surface area contributed by atoms with Crippen LogP contribution in [0.25, 0.3) is 0 Å². The Kier molecular flexibility index (Phi) is 2.99. The standard InChI is InChI=1S/C14H18O2/c1-9(2)12-5-4-10(3)13(8-12)16-14(15)11-6-7-11/h4-5,8-9,11H,6-7H2,1-3H3. The van der Waals surface area contributed by atoms with Crippen molar-refractivity contribution in [3.63, 3.8) is 0 Å². The molecule has 2 nitrogen and oxygen atoms in total. The molecule has 1 aromatic carbocycles. The molecule has 0 bridgehead atoms. The molecule has 0 atom stereocenters. The quantitative estimate of drug-likeness (QED) is 0.574. The van der Waals surface area contributed by atoms with Gasteiger partial charge in [-0.05, 0) is 42.9 Å². The summed E-state index contributed by atoms with van der Waals surface area (Å²) in [5, 5.41) is 0. The highest BCUT2D eigenvalue weighted by atomic mass is 16.5. The average Bonchev–Trinajstić information content (AvgIpc) is 3.04. The van der Waals surface area contributed by atoms with Crippen LogP contribution in [-0.4, -0.2) is 5.97 Å². The smallest absolute Gasteiger partial charge is 0.314 e. The van der Waals surface area contributed by atoms with Crippen LogP contribution in [-0.2, 0) is 4.79 Å². The lowest BCUT2D eigenvalue weighted by Crippen LogP contribution is -2.10. The Bertz CT molecular complexity index is 403. The molecule has 1 fully saturated rings. The molecule has 1 aromatic rings. The first-order chi connectivity index (χ1) is 7.58. The lowest BCUT2D eigenvalue weighted by atomic mass is 10.0. The van der Waals surface area contributed by atoms with Crippen molar-refractivity contribution in [3.8, 4) is 5.75 Å². The Labute approximate surface area is 96.6 Å². The average molecular weight is 218 g/mol. The molecule has 1 aliphatic carbocycles. The maximum Gasteiger partial charge on any atom is 0.314 e. The van der Waals surface area contributed by atoms with Gasteiger partial charge in [0.05, 0.1) is 5.92 Å².